The molecule has 2 saturated heterocycles. The standard InChI is InChI=1S/C21H30N2O2/c1-15(2)14-16-5-7-17(8-6-16)20(24)18-9-12-23(13-10-18)21(25)19-4-3-11-22-19/h5-8,15,18-19,22H,3-4,9-14H2,1-2H3. The van der Waals surface area contributed by atoms with Crippen molar-refractivity contribution in [2.75, 3.05) is 19.6 Å². The monoisotopic (exact) mass is 342 g/mol. The van der Waals surface area contributed by atoms with Crippen molar-refractivity contribution in [2.45, 2.75) is 52.0 Å². The van der Waals surface area contributed by atoms with Crippen LogP contribution < -0.4 is 5.32 Å². The first-order valence-corrected chi connectivity index (χ1v) is 9.70. The predicted octanol–water partition coefficient (Wildman–Crippen LogP) is 3.06. The van der Waals surface area contributed by atoms with Gasteiger partial charge in [0, 0.05) is 24.6 Å². The van der Waals surface area contributed by atoms with Gasteiger partial charge in [0.15, 0.2) is 5.78 Å². The van der Waals surface area contributed by atoms with Gasteiger partial charge in [0.1, 0.15) is 0 Å². The van der Waals surface area contributed by atoms with Crippen LogP contribution in [0.3, 0.4) is 0 Å². The molecule has 3 rings (SSSR count). The first-order chi connectivity index (χ1) is 12.0. The molecule has 4 nitrogen and oxygen atoms in total. The van der Waals surface area contributed by atoms with Crippen molar-refractivity contribution < 1.29 is 9.59 Å². The normalized spacial score (nSPS) is 21.7. The van der Waals surface area contributed by atoms with Crippen molar-refractivity contribution in [1.82, 2.24) is 10.2 Å². The van der Waals surface area contributed by atoms with Crippen molar-refractivity contribution in [3.05, 3.63) is 35.4 Å². The second kappa shape index (κ2) is 8.13. The van der Waals surface area contributed by atoms with Crippen LogP contribution in [0.2, 0.25) is 0 Å². The van der Waals surface area contributed by atoms with E-state index in [9.17, 15) is 9.59 Å². The number of carbonyl (C=O) groups is 2. The Morgan fingerprint density at radius 3 is 2.36 bits per heavy atom. The molecule has 25 heavy (non-hydrogen) atoms. The minimum atomic E-state index is 0.000697. The third kappa shape index (κ3) is 4.49. The van der Waals surface area contributed by atoms with Gasteiger partial charge < -0.3 is 10.2 Å². The zero-order valence-corrected chi connectivity index (χ0v) is 15.5. The molecule has 2 fully saturated rings. The Morgan fingerprint density at radius 1 is 1.12 bits per heavy atom. The molecule has 4 heteroatoms. The van der Waals surface area contributed by atoms with Gasteiger partial charge in [-0.15, -0.1) is 0 Å². The van der Waals surface area contributed by atoms with E-state index in [4.69, 9.17) is 0 Å². The van der Waals surface area contributed by atoms with Crippen molar-refractivity contribution >= 4 is 11.7 Å². The lowest BCUT2D eigenvalue weighted by Crippen LogP contribution is -2.47. The van der Waals surface area contributed by atoms with Crippen molar-refractivity contribution in [3.63, 3.8) is 0 Å². The summed E-state index contributed by atoms with van der Waals surface area (Å²) in [4.78, 5) is 27.1. The number of hydrogen-bond acceptors (Lipinski definition) is 3. The fourth-order valence-electron chi connectivity index (χ4n) is 3.99. The summed E-state index contributed by atoms with van der Waals surface area (Å²) >= 11 is 0. The van der Waals surface area contributed by atoms with Crippen LogP contribution in [0.4, 0.5) is 0 Å². The van der Waals surface area contributed by atoms with Crippen LogP contribution >= 0.6 is 0 Å². The molecule has 1 amide bonds. The van der Waals surface area contributed by atoms with E-state index in [1.807, 2.05) is 17.0 Å². The third-order valence-electron chi connectivity index (χ3n) is 5.42. The van der Waals surface area contributed by atoms with E-state index in [1.165, 1.54) is 5.56 Å². The number of rotatable bonds is 5. The lowest BCUT2D eigenvalue weighted by atomic mass is 9.88. The first-order valence-electron chi connectivity index (χ1n) is 9.70. The summed E-state index contributed by atoms with van der Waals surface area (Å²) in [7, 11) is 0. The number of amides is 1. The maximum Gasteiger partial charge on any atom is 0.239 e. The maximum atomic E-state index is 12.8. The molecule has 0 radical (unpaired) electrons. The van der Waals surface area contributed by atoms with Crippen LogP contribution in [0.15, 0.2) is 24.3 Å². The molecular formula is C21H30N2O2. The van der Waals surface area contributed by atoms with Gasteiger partial charge in [0.2, 0.25) is 5.91 Å². The molecule has 1 aromatic rings. The summed E-state index contributed by atoms with van der Waals surface area (Å²) in [5.74, 6) is 1.14. The fourth-order valence-corrected chi connectivity index (χ4v) is 3.99. The molecule has 136 valence electrons. The minimum absolute atomic E-state index is 0.000697. The molecule has 1 aromatic carbocycles. The highest BCUT2D eigenvalue weighted by atomic mass is 16.2. The van der Waals surface area contributed by atoms with Gasteiger partial charge in [0.25, 0.3) is 0 Å². The molecule has 1 N–H and O–H groups in total. The average molecular weight is 342 g/mol. The lowest BCUT2D eigenvalue weighted by molar-refractivity contribution is -0.134. The molecule has 2 aliphatic rings. The average Bonchev–Trinajstić information content (AvgIpc) is 3.15. The smallest absolute Gasteiger partial charge is 0.239 e. The summed E-state index contributed by atoms with van der Waals surface area (Å²) in [5, 5.41) is 3.27. The molecule has 0 aromatic heterocycles. The molecule has 2 heterocycles. The Bertz CT molecular complexity index is 595. The molecule has 1 atom stereocenters. The number of Topliss-reactive ketones (excluding diaryl/α,β-unsaturated/α-hetero) is 1. The van der Waals surface area contributed by atoms with E-state index in [1.54, 1.807) is 0 Å². The number of carbonyl (C=O) groups excluding carboxylic acids is 2. The minimum Gasteiger partial charge on any atom is -0.341 e. The number of nitrogens with one attached hydrogen (secondary N) is 1. The Hall–Kier alpha value is -1.68. The number of likely N-dealkylation sites (tertiary alicyclic amines) is 1. The number of nitrogens with zero attached hydrogens (tertiary/aromatic N) is 1. The topological polar surface area (TPSA) is 49.4 Å². The summed E-state index contributed by atoms with van der Waals surface area (Å²) in [6.07, 6.45) is 4.64. The largest absolute Gasteiger partial charge is 0.341 e. The Kier molecular flexibility index (Phi) is 5.89. The molecule has 0 spiro atoms. The van der Waals surface area contributed by atoms with Crippen LogP contribution in [-0.4, -0.2) is 42.3 Å². The second-order valence-electron chi connectivity index (χ2n) is 7.91. The van der Waals surface area contributed by atoms with Crippen molar-refractivity contribution in [3.8, 4) is 0 Å². The fraction of sp³-hybridized carbons (Fsp3) is 0.619. The van der Waals surface area contributed by atoms with E-state index in [-0.39, 0.29) is 23.7 Å². The summed E-state index contributed by atoms with van der Waals surface area (Å²) in [6.45, 7) is 6.76. The van der Waals surface area contributed by atoms with Crippen LogP contribution in [0.1, 0.15) is 55.5 Å². The number of piperidine rings is 1. The number of hydrogen-bond donors (Lipinski definition) is 1. The molecule has 1 unspecified atom stereocenters. The van der Waals surface area contributed by atoms with Gasteiger partial charge in [-0.05, 0) is 50.1 Å². The lowest BCUT2D eigenvalue weighted by Gasteiger charge is -2.33. The van der Waals surface area contributed by atoms with Crippen molar-refractivity contribution in [2.24, 2.45) is 11.8 Å². The molecule has 0 bridgehead atoms. The van der Waals surface area contributed by atoms with Gasteiger partial charge >= 0.3 is 0 Å². The van der Waals surface area contributed by atoms with E-state index in [0.29, 0.717) is 19.0 Å². The Morgan fingerprint density at radius 2 is 1.80 bits per heavy atom. The van der Waals surface area contributed by atoms with Crippen LogP contribution in [0.25, 0.3) is 0 Å². The van der Waals surface area contributed by atoms with Gasteiger partial charge in [-0.3, -0.25) is 9.59 Å². The summed E-state index contributed by atoms with van der Waals surface area (Å²) in [5.41, 5.74) is 2.10. The highest BCUT2D eigenvalue weighted by Gasteiger charge is 2.32. The maximum absolute atomic E-state index is 12.8. The second-order valence-corrected chi connectivity index (χ2v) is 7.91. The van der Waals surface area contributed by atoms with Crippen LogP contribution in [0.5, 0.6) is 0 Å². The number of ketones is 1. The zero-order chi connectivity index (χ0) is 17.8. The molecule has 0 aliphatic carbocycles. The molecule has 2 aliphatic heterocycles. The van der Waals surface area contributed by atoms with E-state index in [0.717, 1.165) is 44.2 Å². The van der Waals surface area contributed by atoms with Gasteiger partial charge in [0.05, 0.1) is 6.04 Å². The van der Waals surface area contributed by atoms with E-state index >= 15 is 0 Å². The highest BCUT2D eigenvalue weighted by molar-refractivity contribution is 5.98. The predicted molar refractivity (Wildman–Crippen MR) is 99.6 cm³/mol. The van der Waals surface area contributed by atoms with Crippen molar-refractivity contribution in [1.29, 1.82) is 0 Å². The van der Waals surface area contributed by atoms with E-state index in [2.05, 4.69) is 31.3 Å². The molecule has 0 saturated carbocycles. The molecular weight excluding hydrogens is 312 g/mol. The SMILES string of the molecule is CC(C)Cc1ccc(C(=O)C2CCN(C(=O)C3CCCN3)CC2)cc1. The number of benzene rings is 1. The quantitative estimate of drug-likeness (QED) is 0.837. The summed E-state index contributed by atoms with van der Waals surface area (Å²) in [6, 6.07) is 8.11. The van der Waals surface area contributed by atoms with Gasteiger partial charge in [-0.25, -0.2) is 0 Å². The highest BCUT2D eigenvalue weighted by Crippen LogP contribution is 2.23. The van der Waals surface area contributed by atoms with E-state index < -0.39 is 0 Å². The van der Waals surface area contributed by atoms with Crippen LogP contribution in [0, 0.1) is 11.8 Å². The first kappa shape index (κ1) is 18.1. The van der Waals surface area contributed by atoms with Crippen LogP contribution in [-0.2, 0) is 11.2 Å². The van der Waals surface area contributed by atoms with Gasteiger partial charge in [-0.1, -0.05) is 38.1 Å². The summed E-state index contributed by atoms with van der Waals surface area (Å²) < 4.78 is 0. The zero-order valence-electron chi connectivity index (χ0n) is 15.5. The van der Waals surface area contributed by atoms with Gasteiger partial charge in [-0.2, -0.15) is 0 Å². The Balaban J connectivity index is 1.53. The Labute approximate surface area is 151 Å². The third-order valence-corrected chi connectivity index (χ3v) is 5.42.